The van der Waals surface area contributed by atoms with E-state index in [-0.39, 0.29) is 0 Å². The summed E-state index contributed by atoms with van der Waals surface area (Å²) in [5, 5.41) is 5.10. The molecule has 0 bridgehead atoms. The summed E-state index contributed by atoms with van der Waals surface area (Å²) < 4.78 is 1.25. The smallest absolute Gasteiger partial charge is 0.154 e. The largest absolute Gasteiger partial charge is 0.382 e. The van der Waals surface area contributed by atoms with Gasteiger partial charge in [0.1, 0.15) is 5.01 Å². The van der Waals surface area contributed by atoms with E-state index in [0.29, 0.717) is 5.84 Å². The Morgan fingerprint density at radius 3 is 2.59 bits per heavy atom. The number of hydrazine groups is 1. The third-order valence-corrected chi connectivity index (χ3v) is 5.80. The fourth-order valence-corrected chi connectivity index (χ4v) is 4.43. The minimum Gasteiger partial charge on any atom is -0.382 e. The van der Waals surface area contributed by atoms with Crippen LogP contribution in [0.4, 0.5) is 5.69 Å². The Labute approximate surface area is 162 Å². The average Bonchev–Trinajstić information content (AvgIpc) is 3.11. The number of hydrogen-bond acceptors (Lipinski definition) is 7. The van der Waals surface area contributed by atoms with Gasteiger partial charge in [-0.05, 0) is 24.3 Å². The Kier molecular flexibility index (Phi) is 5.19. The highest BCUT2D eigenvalue weighted by atomic mass is 32.1. The summed E-state index contributed by atoms with van der Waals surface area (Å²) in [4.78, 5) is 9.56. The van der Waals surface area contributed by atoms with E-state index in [1.807, 2.05) is 24.3 Å². The number of rotatable bonds is 5. The number of thiazole rings is 1. The number of nitrogens with two attached hydrogens (primary N) is 2. The van der Waals surface area contributed by atoms with E-state index in [4.69, 9.17) is 16.6 Å². The van der Waals surface area contributed by atoms with Crippen molar-refractivity contribution < 1.29 is 0 Å². The Balaban J connectivity index is 1.43. The molecule has 2 heterocycles. The summed E-state index contributed by atoms with van der Waals surface area (Å²) in [6.45, 7) is 4.74. The molecule has 27 heavy (non-hydrogen) atoms. The van der Waals surface area contributed by atoms with Crippen LogP contribution in [0.5, 0.6) is 0 Å². The maximum atomic E-state index is 6.04. The number of piperazine rings is 1. The average molecular weight is 382 g/mol. The topological polar surface area (TPSA) is 95.8 Å². The number of aromatic nitrogens is 1. The molecule has 3 aromatic rings. The van der Waals surface area contributed by atoms with Crippen molar-refractivity contribution in [3.05, 3.63) is 59.1 Å². The van der Waals surface area contributed by atoms with Gasteiger partial charge in [0, 0.05) is 37.4 Å². The maximum Gasteiger partial charge on any atom is 0.154 e. The Bertz CT molecular complexity index is 911. The monoisotopic (exact) mass is 381 g/mol. The Hall–Kier alpha value is -2.68. The second-order valence-corrected chi connectivity index (χ2v) is 7.60. The third kappa shape index (κ3) is 3.87. The molecule has 0 spiro atoms. The van der Waals surface area contributed by atoms with Gasteiger partial charge >= 0.3 is 0 Å². The van der Waals surface area contributed by atoms with Gasteiger partial charge in [-0.3, -0.25) is 4.90 Å². The first-order valence-electron chi connectivity index (χ1n) is 8.94. The van der Waals surface area contributed by atoms with Crippen LogP contribution in [0.2, 0.25) is 0 Å². The molecule has 0 saturated carbocycles. The van der Waals surface area contributed by atoms with Crippen LogP contribution in [0.25, 0.3) is 10.2 Å². The zero-order chi connectivity index (χ0) is 18.6. The summed E-state index contributed by atoms with van der Waals surface area (Å²) in [5.74, 6) is 5.67. The molecule has 4 rings (SSSR count). The summed E-state index contributed by atoms with van der Waals surface area (Å²) >= 11 is 1.78. The molecule has 1 aromatic heterocycles. The van der Waals surface area contributed by atoms with Crippen molar-refractivity contribution in [1.29, 1.82) is 0 Å². The molecule has 0 radical (unpaired) electrons. The minimum atomic E-state index is 0.394. The predicted octanol–water partition coefficient (Wildman–Crippen LogP) is 1.70. The van der Waals surface area contributed by atoms with Crippen molar-refractivity contribution in [2.75, 3.05) is 31.1 Å². The standard InChI is InChI=1S/C19H23N7S/c20-19(23-24-21)14-5-1-3-7-16(14)26-11-9-25(10-12-26)13-18-22-15-6-2-4-8-17(15)27-18/h1-8,24H,9-13,21H2,(H2,20,23). The molecule has 5 N–H and O–H groups in total. The Morgan fingerprint density at radius 2 is 1.81 bits per heavy atom. The van der Waals surface area contributed by atoms with E-state index in [0.717, 1.165) is 49.5 Å². The van der Waals surface area contributed by atoms with E-state index in [1.165, 1.54) is 9.71 Å². The van der Waals surface area contributed by atoms with Crippen molar-refractivity contribution in [2.24, 2.45) is 16.7 Å². The molecular weight excluding hydrogens is 358 g/mol. The molecule has 0 unspecified atom stereocenters. The number of amidine groups is 1. The van der Waals surface area contributed by atoms with Crippen molar-refractivity contribution in [2.45, 2.75) is 6.54 Å². The van der Waals surface area contributed by atoms with Gasteiger partial charge in [0.05, 0.1) is 16.8 Å². The van der Waals surface area contributed by atoms with Crippen molar-refractivity contribution >= 4 is 33.1 Å². The molecule has 1 fully saturated rings. The minimum absolute atomic E-state index is 0.394. The van der Waals surface area contributed by atoms with Crippen molar-refractivity contribution in [3.8, 4) is 0 Å². The zero-order valence-corrected chi connectivity index (χ0v) is 15.8. The van der Waals surface area contributed by atoms with Crippen LogP contribution in [0.1, 0.15) is 10.6 Å². The van der Waals surface area contributed by atoms with Crippen LogP contribution in [-0.4, -0.2) is 41.9 Å². The fraction of sp³-hybridized carbons (Fsp3) is 0.263. The van der Waals surface area contributed by atoms with Gasteiger partial charge in [0.15, 0.2) is 5.84 Å². The van der Waals surface area contributed by atoms with Crippen molar-refractivity contribution in [1.82, 2.24) is 15.4 Å². The molecule has 0 atom stereocenters. The maximum absolute atomic E-state index is 6.04. The fourth-order valence-electron chi connectivity index (χ4n) is 3.42. The number of fused-ring (bicyclic) bond motifs is 1. The van der Waals surface area contributed by atoms with Gasteiger partial charge in [-0.15, -0.1) is 16.4 Å². The molecule has 1 aliphatic heterocycles. The van der Waals surface area contributed by atoms with Crippen LogP contribution >= 0.6 is 11.3 Å². The second-order valence-electron chi connectivity index (χ2n) is 6.48. The summed E-state index contributed by atoms with van der Waals surface area (Å²) in [7, 11) is 0. The SMILES string of the molecule is NN/N=C(\N)c1ccccc1N1CCN(Cc2nc3ccccc3s2)CC1. The lowest BCUT2D eigenvalue weighted by Crippen LogP contribution is -2.46. The summed E-state index contributed by atoms with van der Waals surface area (Å²) in [5.41, 5.74) is 11.4. The first-order valence-corrected chi connectivity index (χ1v) is 9.76. The molecule has 0 aliphatic carbocycles. The Morgan fingerprint density at radius 1 is 1.07 bits per heavy atom. The third-order valence-electron chi connectivity index (χ3n) is 4.78. The second kappa shape index (κ2) is 7.91. The molecular formula is C19H23N7S. The molecule has 1 aliphatic rings. The predicted molar refractivity (Wildman–Crippen MR) is 112 cm³/mol. The number of nitrogens with one attached hydrogen (secondary N) is 1. The molecule has 0 amide bonds. The number of nitrogens with zero attached hydrogens (tertiary/aromatic N) is 4. The van der Waals surface area contributed by atoms with E-state index < -0.39 is 0 Å². The number of anilines is 1. The quantitative estimate of drug-likeness (QED) is 0.269. The van der Waals surface area contributed by atoms with Crippen LogP contribution < -0.4 is 22.0 Å². The van der Waals surface area contributed by atoms with Crippen LogP contribution in [0.3, 0.4) is 0 Å². The van der Waals surface area contributed by atoms with Gasteiger partial charge < -0.3 is 10.6 Å². The number of hydrogen-bond donors (Lipinski definition) is 3. The van der Waals surface area contributed by atoms with Gasteiger partial charge in [-0.1, -0.05) is 24.3 Å². The summed E-state index contributed by atoms with van der Waals surface area (Å²) in [6, 6.07) is 16.3. The number of benzene rings is 2. The summed E-state index contributed by atoms with van der Waals surface area (Å²) in [6.07, 6.45) is 0. The molecule has 140 valence electrons. The highest BCUT2D eigenvalue weighted by Gasteiger charge is 2.21. The highest BCUT2D eigenvalue weighted by molar-refractivity contribution is 7.18. The molecule has 8 heteroatoms. The molecule has 1 saturated heterocycles. The van der Waals surface area contributed by atoms with Gasteiger partial charge in [-0.2, -0.15) is 0 Å². The number of hydrazone groups is 1. The first-order chi connectivity index (χ1) is 13.2. The van der Waals surface area contributed by atoms with Gasteiger partial charge in [0.2, 0.25) is 0 Å². The van der Waals surface area contributed by atoms with Crippen LogP contribution in [-0.2, 0) is 6.54 Å². The number of para-hydroxylation sites is 2. The lowest BCUT2D eigenvalue weighted by atomic mass is 10.1. The molecule has 2 aromatic carbocycles. The van der Waals surface area contributed by atoms with E-state index in [9.17, 15) is 0 Å². The molecule has 7 nitrogen and oxygen atoms in total. The van der Waals surface area contributed by atoms with Gasteiger partial charge in [0.25, 0.3) is 0 Å². The van der Waals surface area contributed by atoms with E-state index >= 15 is 0 Å². The first kappa shape index (κ1) is 17.7. The van der Waals surface area contributed by atoms with Gasteiger partial charge in [-0.25, -0.2) is 16.4 Å². The van der Waals surface area contributed by atoms with Crippen LogP contribution in [0, 0.1) is 0 Å². The highest BCUT2D eigenvalue weighted by Crippen LogP contribution is 2.25. The van der Waals surface area contributed by atoms with E-state index in [2.05, 4.69) is 44.7 Å². The van der Waals surface area contributed by atoms with E-state index in [1.54, 1.807) is 11.3 Å². The lowest BCUT2D eigenvalue weighted by molar-refractivity contribution is 0.249. The van der Waals surface area contributed by atoms with Crippen LogP contribution in [0.15, 0.2) is 53.6 Å². The zero-order valence-electron chi connectivity index (χ0n) is 15.0. The lowest BCUT2D eigenvalue weighted by Gasteiger charge is -2.36. The normalized spacial score (nSPS) is 16.0. The van der Waals surface area contributed by atoms with Crippen molar-refractivity contribution in [3.63, 3.8) is 0 Å².